The van der Waals surface area contributed by atoms with E-state index < -0.39 is 0 Å². The van der Waals surface area contributed by atoms with Crippen molar-refractivity contribution in [3.8, 4) is 11.3 Å². The van der Waals surface area contributed by atoms with Crippen LogP contribution >= 0.6 is 11.3 Å². The van der Waals surface area contributed by atoms with E-state index in [2.05, 4.69) is 20.2 Å². The average Bonchev–Trinajstić information content (AvgIpc) is 3.34. The molecule has 0 aliphatic rings. The fourth-order valence-electron chi connectivity index (χ4n) is 3.14. The van der Waals surface area contributed by atoms with Crippen molar-refractivity contribution >= 4 is 17.2 Å². The van der Waals surface area contributed by atoms with Gasteiger partial charge in [0.1, 0.15) is 16.5 Å². The summed E-state index contributed by atoms with van der Waals surface area (Å²) in [5, 5.41) is 13.3. The van der Waals surface area contributed by atoms with Gasteiger partial charge in [-0.25, -0.2) is 9.37 Å². The van der Waals surface area contributed by atoms with Crippen molar-refractivity contribution in [1.29, 1.82) is 0 Å². The van der Waals surface area contributed by atoms with E-state index in [1.54, 1.807) is 25.1 Å². The molecule has 1 aromatic carbocycles. The summed E-state index contributed by atoms with van der Waals surface area (Å²) in [7, 11) is 3.96. The Morgan fingerprint density at radius 3 is 2.70 bits per heavy atom. The van der Waals surface area contributed by atoms with Gasteiger partial charge in [-0.3, -0.25) is 4.79 Å². The number of carbonyl (C=O) groups is 1. The van der Waals surface area contributed by atoms with Crippen molar-refractivity contribution in [2.45, 2.75) is 32.9 Å². The number of aromatic nitrogens is 2. The molecule has 0 saturated carbocycles. The van der Waals surface area contributed by atoms with Gasteiger partial charge < -0.3 is 20.3 Å². The van der Waals surface area contributed by atoms with Crippen molar-refractivity contribution in [3.63, 3.8) is 0 Å². The Morgan fingerprint density at radius 2 is 2.07 bits per heavy atom. The minimum atomic E-state index is -0.260. The van der Waals surface area contributed by atoms with Gasteiger partial charge in [-0.15, -0.1) is 11.3 Å². The highest BCUT2D eigenvalue weighted by Gasteiger charge is 2.21. The molecule has 0 aliphatic heterocycles. The number of thiazole rings is 1. The number of aliphatic hydroxyl groups is 1. The zero-order valence-corrected chi connectivity index (χ0v) is 18.4. The summed E-state index contributed by atoms with van der Waals surface area (Å²) in [5.74, 6) is -0.491. The number of nitrogens with zero attached hydrogens (tertiary/aromatic N) is 2. The summed E-state index contributed by atoms with van der Waals surface area (Å²) in [6.07, 6.45) is 0.696. The molecule has 0 spiro atoms. The Morgan fingerprint density at radius 1 is 1.30 bits per heavy atom. The summed E-state index contributed by atoms with van der Waals surface area (Å²) in [5.41, 5.74) is 3.34. The Balaban J connectivity index is 1.79. The number of halogens is 1. The van der Waals surface area contributed by atoms with Gasteiger partial charge in [0.2, 0.25) is 0 Å². The average molecular weight is 431 g/mol. The molecule has 1 atom stereocenters. The van der Waals surface area contributed by atoms with Crippen LogP contribution in [0.25, 0.3) is 11.3 Å². The second-order valence-electron chi connectivity index (χ2n) is 7.59. The van der Waals surface area contributed by atoms with Gasteiger partial charge in [0.05, 0.1) is 23.2 Å². The predicted molar refractivity (Wildman–Crippen MR) is 117 cm³/mol. The maximum Gasteiger partial charge on any atom is 0.268 e. The summed E-state index contributed by atoms with van der Waals surface area (Å²) in [6.45, 7) is 4.29. The second-order valence-corrected chi connectivity index (χ2v) is 8.70. The van der Waals surface area contributed by atoms with Crippen LogP contribution in [0.3, 0.4) is 0 Å². The minimum absolute atomic E-state index is 0.0606. The van der Waals surface area contributed by atoms with Crippen LogP contribution in [0.2, 0.25) is 0 Å². The molecule has 8 heteroatoms. The molecular weight excluding hydrogens is 403 g/mol. The Bertz CT molecular complexity index is 1030. The highest BCUT2D eigenvalue weighted by molar-refractivity contribution is 7.11. The van der Waals surface area contributed by atoms with E-state index in [1.165, 1.54) is 17.4 Å². The van der Waals surface area contributed by atoms with Crippen LogP contribution in [-0.2, 0) is 6.61 Å². The molecule has 3 N–H and O–H groups in total. The molecule has 3 aromatic rings. The van der Waals surface area contributed by atoms with E-state index >= 15 is 0 Å². The van der Waals surface area contributed by atoms with Crippen LogP contribution in [0.5, 0.6) is 0 Å². The Labute approximate surface area is 179 Å². The van der Waals surface area contributed by atoms with E-state index in [0.717, 1.165) is 33.4 Å². The van der Waals surface area contributed by atoms with Gasteiger partial charge >= 0.3 is 0 Å². The normalized spacial score (nSPS) is 12.4. The lowest BCUT2D eigenvalue weighted by Crippen LogP contribution is -2.31. The van der Waals surface area contributed by atoms with Crippen molar-refractivity contribution in [2.75, 3.05) is 20.6 Å². The number of hydrogen-bond acceptors (Lipinski definition) is 5. The molecule has 2 aromatic heterocycles. The number of H-pyrrole nitrogens is 1. The zero-order chi connectivity index (χ0) is 21.8. The number of hydrogen-bond donors (Lipinski definition) is 3. The van der Waals surface area contributed by atoms with E-state index in [1.807, 2.05) is 27.1 Å². The lowest BCUT2D eigenvalue weighted by atomic mass is 10.1. The lowest BCUT2D eigenvalue weighted by Gasteiger charge is -2.18. The Hall–Kier alpha value is -2.55. The van der Waals surface area contributed by atoms with E-state index in [9.17, 15) is 14.3 Å². The molecule has 0 fully saturated rings. The van der Waals surface area contributed by atoms with Crippen molar-refractivity contribution in [1.82, 2.24) is 20.2 Å². The van der Waals surface area contributed by atoms with Crippen LogP contribution in [-0.4, -0.2) is 46.5 Å². The number of carbonyl (C=O) groups excluding carboxylic acids is 1. The number of rotatable bonds is 8. The molecule has 0 saturated heterocycles. The van der Waals surface area contributed by atoms with Gasteiger partial charge in [0.15, 0.2) is 0 Å². The predicted octanol–water partition coefficient (Wildman–Crippen LogP) is 3.81. The minimum Gasteiger partial charge on any atom is -0.391 e. The molecule has 3 rings (SSSR count). The maximum absolute atomic E-state index is 13.5. The molecule has 0 aliphatic carbocycles. The number of aryl methyl sites for hydroxylation is 2. The fraction of sp³-hybridized carbons (Fsp3) is 0.364. The van der Waals surface area contributed by atoms with Crippen LogP contribution < -0.4 is 5.32 Å². The van der Waals surface area contributed by atoms with Crippen LogP contribution in [0.15, 0.2) is 30.3 Å². The first-order valence-electron chi connectivity index (χ1n) is 9.76. The number of aromatic amines is 1. The third-order valence-electron chi connectivity index (χ3n) is 4.92. The highest BCUT2D eigenvalue weighted by atomic mass is 32.1. The second kappa shape index (κ2) is 9.51. The first-order chi connectivity index (χ1) is 14.3. The molecule has 2 heterocycles. The number of benzene rings is 1. The maximum atomic E-state index is 13.5. The van der Waals surface area contributed by atoms with Gasteiger partial charge in [0.25, 0.3) is 5.91 Å². The summed E-state index contributed by atoms with van der Waals surface area (Å²) in [4.78, 5) is 23.5. The zero-order valence-electron chi connectivity index (χ0n) is 17.6. The highest BCUT2D eigenvalue weighted by Crippen LogP contribution is 2.27. The SMILES string of the molecule is Cc1cc(-c2ccc(C(=O)NC(CCN(C)C)c3nc(C)c(CO)s3)[nH]2)ccc1F. The number of amides is 1. The van der Waals surface area contributed by atoms with E-state index in [-0.39, 0.29) is 24.4 Å². The molecule has 1 unspecified atom stereocenters. The third-order valence-corrected chi connectivity index (χ3v) is 6.18. The van der Waals surface area contributed by atoms with Gasteiger partial charge in [-0.1, -0.05) is 0 Å². The molecule has 1 amide bonds. The van der Waals surface area contributed by atoms with Crippen LogP contribution in [0.4, 0.5) is 4.39 Å². The van der Waals surface area contributed by atoms with Crippen molar-refractivity contribution in [3.05, 3.63) is 63.0 Å². The van der Waals surface area contributed by atoms with E-state index in [4.69, 9.17) is 0 Å². The van der Waals surface area contributed by atoms with E-state index in [0.29, 0.717) is 17.7 Å². The lowest BCUT2D eigenvalue weighted by molar-refractivity contribution is 0.0928. The number of aliphatic hydroxyl groups excluding tert-OH is 1. The monoisotopic (exact) mass is 430 g/mol. The Kier molecular flexibility index (Phi) is 7.02. The smallest absolute Gasteiger partial charge is 0.268 e. The molecule has 160 valence electrons. The molecule has 0 bridgehead atoms. The first kappa shape index (κ1) is 22.1. The van der Waals surface area contributed by atoms with Crippen LogP contribution in [0, 0.1) is 19.7 Å². The van der Waals surface area contributed by atoms with Gasteiger partial charge in [-0.2, -0.15) is 0 Å². The van der Waals surface area contributed by atoms with Gasteiger partial charge in [0, 0.05) is 5.69 Å². The third kappa shape index (κ3) is 5.13. The molecular formula is C22H27FN4O2S. The summed E-state index contributed by atoms with van der Waals surface area (Å²) < 4.78 is 13.5. The largest absolute Gasteiger partial charge is 0.391 e. The fourth-order valence-corrected chi connectivity index (χ4v) is 4.15. The van der Waals surface area contributed by atoms with Crippen LogP contribution in [0.1, 0.15) is 44.1 Å². The summed E-state index contributed by atoms with van der Waals surface area (Å²) >= 11 is 1.42. The molecule has 0 radical (unpaired) electrons. The van der Waals surface area contributed by atoms with Gasteiger partial charge in [-0.05, 0) is 82.4 Å². The quantitative estimate of drug-likeness (QED) is 0.508. The molecule has 30 heavy (non-hydrogen) atoms. The molecule has 6 nitrogen and oxygen atoms in total. The number of nitrogens with one attached hydrogen (secondary N) is 2. The van der Waals surface area contributed by atoms with Crippen molar-refractivity contribution in [2.24, 2.45) is 0 Å². The standard InChI is InChI=1S/C22H27FN4O2S/c1-13-11-15(5-6-16(13)23)17-7-8-18(25-17)21(29)26-19(9-10-27(3)4)22-24-14(2)20(12-28)30-22/h5-8,11,19,25,28H,9-10,12H2,1-4H3,(H,26,29). The first-order valence-corrected chi connectivity index (χ1v) is 10.6. The topological polar surface area (TPSA) is 81.2 Å². The summed E-state index contributed by atoms with van der Waals surface area (Å²) in [6, 6.07) is 8.13. The van der Waals surface area contributed by atoms with Crippen molar-refractivity contribution < 1.29 is 14.3 Å².